The predicted octanol–water partition coefficient (Wildman–Crippen LogP) is 3.02. The van der Waals surface area contributed by atoms with Crippen LogP contribution in [0, 0.1) is 2.88 Å². The second kappa shape index (κ2) is 6.04. The lowest BCUT2D eigenvalue weighted by molar-refractivity contribution is 0.718. The van der Waals surface area contributed by atoms with E-state index in [1.165, 1.54) is 8.45 Å². The van der Waals surface area contributed by atoms with Gasteiger partial charge in [0.15, 0.2) is 0 Å². The number of rotatable bonds is 5. The normalized spacial score (nSPS) is 10.9. The van der Waals surface area contributed by atoms with Crippen LogP contribution >= 0.6 is 45.3 Å². The van der Waals surface area contributed by atoms with E-state index in [0.717, 1.165) is 29.4 Å². The van der Waals surface area contributed by atoms with Crippen molar-refractivity contribution in [1.29, 1.82) is 0 Å². The van der Waals surface area contributed by atoms with Gasteiger partial charge in [-0.1, -0.05) is 11.3 Å². The van der Waals surface area contributed by atoms with Crippen molar-refractivity contribution in [3.05, 3.63) is 19.3 Å². The van der Waals surface area contributed by atoms with Gasteiger partial charge >= 0.3 is 0 Å². The highest BCUT2D eigenvalue weighted by Crippen LogP contribution is 2.29. The Balaban J connectivity index is 2.02. The van der Waals surface area contributed by atoms with E-state index >= 15 is 0 Å². The molecule has 0 atom stereocenters. The highest BCUT2D eigenvalue weighted by Gasteiger charge is 2.07. The fourth-order valence-corrected chi connectivity index (χ4v) is 3.58. The van der Waals surface area contributed by atoms with E-state index in [2.05, 4.69) is 49.6 Å². The van der Waals surface area contributed by atoms with Crippen molar-refractivity contribution in [3.63, 3.8) is 0 Å². The van der Waals surface area contributed by atoms with Gasteiger partial charge < -0.3 is 5.32 Å². The number of nitrogens with one attached hydrogen (secondary N) is 1. The van der Waals surface area contributed by atoms with Crippen molar-refractivity contribution in [2.75, 3.05) is 13.6 Å². The van der Waals surface area contributed by atoms with Crippen LogP contribution in [0.4, 0.5) is 0 Å². The average molecular weight is 365 g/mol. The molecular weight excluding hydrogens is 353 g/mol. The number of halogens is 1. The molecule has 2 rings (SSSR count). The quantitative estimate of drug-likeness (QED) is 0.654. The fourth-order valence-electron chi connectivity index (χ4n) is 1.31. The van der Waals surface area contributed by atoms with Crippen LogP contribution in [0.1, 0.15) is 11.4 Å². The molecule has 0 spiro atoms. The van der Waals surface area contributed by atoms with Crippen LogP contribution in [0.3, 0.4) is 0 Å². The highest BCUT2D eigenvalue weighted by atomic mass is 127. The molecule has 0 amide bonds. The molecule has 0 saturated carbocycles. The Hall–Kier alpha value is -0.0500. The van der Waals surface area contributed by atoms with E-state index in [4.69, 9.17) is 0 Å². The molecule has 1 N–H and O–H groups in total. The largest absolute Gasteiger partial charge is 0.320 e. The van der Waals surface area contributed by atoms with E-state index in [0.29, 0.717) is 0 Å². The molecular formula is C10H12IN3S2. The second-order valence-corrected chi connectivity index (χ2v) is 7.22. The smallest absolute Gasteiger partial charge is 0.148 e. The van der Waals surface area contributed by atoms with E-state index in [1.54, 1.807) is 22.7 Å². The highest BCUT2D eigenvalue weighted by molar-refractivity contribution is 14.1. The maximum atomic E-state index is 4.23. The summed E-state index contributed by atoms with van der Waals surface area (Å²) in [4.78, 5) is 0. The number of hydrogen-bond acceptors (Lipinski definition) is 5. The first-order valence-electron chi connectivity index (χ1n) is 5.01. The first kappa shape index (κ1) is 12.4. The summed E-state index contributed by atoms with van der Waals surface area (Å²) in [7, 11) is 1.97. The summed E-state index contributed by atoms with van der Waals surface area (Å²) in [5.41, 5.74) is 1.20. The monoisotopic (exact) mass is 365 g/mol. The van der Waals surface area contributed by atoms with Gasteiger partial charge in [0, 0.05) is 17.4 Å². The van der Waals surface area contributed by atoms with Crippen molar-refractivity contribution < 1.29 is 0 Å². The minimum atomic E-state index is 1.01. The molecule has 2 aromatic heterocycles. The lowest BCUT2D eigenvalue weighted by Gasteiger charge is -1.94. The standard InChI is InChI=1S/C10H12IN3S2/c1-12-4-2-3-9-13-14-10(16-9)7-5-8(11)15-6-7/h5-6,12H,2-4H2,1H3. The van der Waals surface area contributed by atoms with E-state index in [1.807, 2.05) is 7.05 Å². The molecule has 0 fully saturated rings. The molecule has 0 aliphatic carbocycles. The van der Waals surface area contributed by atoms with Gasteiger partial charge in [0.2, 0.25) is 0 Å². The maximum Gasteiger partial charge on any atom is 0.148 e. The van der Waals surface area contributed by atoms with Gasteiger partial charge in [0.05, 0.1) is 2.88 Å². The average Bonchev–Trinajstić information content (AvgIpc) is 2.87. The molecule has 16 heavy (non-hydrogen) atoms. The molecule has 2 aromatic rings. The predicted molar refractivity (Wildman–Crippen MR) is 78.2 cm³/mol. The third kappa shape index (κ3) is 3.22. The minimum absolute atomic E-state index is 1.01. The van der Waals surface area contributed by atoms with Gasteiger partial charge in [-0.2, -0.15) is 0 Å². The number of aromatic nitrogens is 2. The van der Waals surface area contributed by atoms with Crippen LogP contribution in [0.15, 0.2) is 11.4 Å². The van der Waals surface area contributed by atoms with Crippen LogP contribution in [-0.4, -0.2) is 23.8 Å². The van der Waals surface area contributed by atoms with E-state index in [-0.39, 0.29) is 0 Å². The van der Waals surface area contributed by atoms with Gasteiger partial charge in [-0.05, 0) is 48.7 Å². The summed E-state index contributed by atoms with van der Waals surface area (Å²) in [6.07, 6.45) is 2.13. The van der Waals surface area contributed by atoms with Gasteiger partial charge in [-0.3, -0.25) is 0 Å². The Bertz CT molecular complexity index is 452. The summed E-state index contributed by atoms with van der Waals surface area (Å²) in [6, 6.07) is 2.16. The maximum absolute atomic E-state index is 4.23. The molecule has 6 heteroatoms. The molecule has 0 unspecified atom stereocenters. The molecule has 0 saturated heterocycles. The van der Waals surface area contributed by atoms with Crippen molar-refractivity contribution in [2.45, 2.75) is 12.8 Å². The van der Waals surface area contributed by atoms with Crippen LogP contribution in [-0.2, 0) is 6.42 Å². The zero-order chi connectivity index (χ0) is 11.4. The Morgan fingerprint density at radius 3 is 3.00 bits per heavy atom. The van der Waals surface area contributed by atoms with Gasteiger partial charge in [0.1, 0.15) is 10.0 Å². The number of thiophene rings is 1. The minimum Gasteiger partial charge on any atom is -0.320 e. The summed E-state index contributed by atoms with van der Waals surface area (Å²) < 4.78 is 1.29. The lowest BCUT2D eigenvalue weighted by atomic mass is 10.3. The Morgan fingerprint density at radius 2 is 2.31 bits per heavy atom. The molecule has 0 radical (unpaired) electrons. The van der Waals surface area contributed by atoms with Crippen molar-refractivity contribution in [3.8, 4) is 10.6 Å². The van der Waals surface area contributed by atoms with Crippen molar-refractivity contribution in [1.82, 2.24) is 15.5 Å². The Labute approximate surface area is 116 Å². The first-order chi connectivity index (χ1) is 7.79. The zero-order valence-corrected chi connectivity index (χ0v) is 12.7. The van der Waals surface area contributed by atoms with Crippen molar-refractivity contribution >= 4 is 45.3 Å². The number of aryl methyl sites for hydroxylation is 1. The van der Waals surface area contributed by atoms with Crippen LogP contribution in [0.25, 0.3) is 10.6 Å². The van der Waals surface area contributed by atoms with E-state index < -0.39 is 0 Å². The zero-order valence-electron chi connectivity index (χ0n) is 8.86. The van der Waals surface area contributed by atoms with E-state index in [9.17, 15) is 0 Å². The van der Waals surface area contributed by atoms with Crippen LogP contribution in [0.2, 0.25) is 0 Å². The SMILES string of the molecule is CNCCCc1nnc(-c2csc(I)c2)s1. The third-order valence-corrected chi connectivity index (χ3v) is 4.92. The van der Waals surface area contributed by atoms with Crippen LogP contribution in [0.5, 0.6) is 0 Å². The summed E-state index contributed by atoms with van der Waals surface area (Å²) >= 11 is 5.78. The third-order valence-electron chi connectivity index (χ3n) is 2.10. The number of hydrogen-bond donors (Lipinski definition) is 1. The number of nitrogens with zero attached hydrogens (tertiary/aromatic N) is 2. The molecule has 86 valence electrons. The summed E-state index contributed by atoms with van der Waals surface area (Å²) in [5, 5.41) is 15.9. The molecule has 3 nitrogen and oxygen atoms in total. The van der Waals surface area contributed by atoms with Crippen molar-refractivity contribution in [2.24, 2.45) is 0 Å². The summed E-state index contributed by atoms with van der Waals surface area (Å²) in [6.45, 7) is 1.03. The molecule has 0 bridgehead atoms. The van der Waals surface area contributed by atoms with Gasteiger partial charge in [-0.15, -0.1) is 21.5 Å². The summed E-state index contributed by atoms with van der Waals surface area (Å²) in [5.74, 6) is 0. The lowest BCUT2D eigenvalue weighted by Crippen LogP contribution is -2.08. The molecule has 0 aliphatic rings. The van der Waals surface area contributed by atoms with Gasteiger partial charge in [-0.25, -0.2) is 0 Å². The Morgan fingerprint density at radius 1 is 1.44 bits per heavy atom. The molecule has 0 aliphatic heterocycles. The molecule has 0 aromatic carbocycles. The fraction of sp³-hybridized carbons (Fsp3) is 0.400. The molecule has 2 heterocycles. The van der Waals surface area contributed by atoms with Gasteiger partial charge in [0.25, 0.3) is 0 Å². The van der Waals surface area contributed by atoms with Crippen LogP contribution < -0.4 is 5.32 Å². The first-order valence-corrected chi connectivity index (χ1v) is 7.78. The Kier molecular flexibility index (Phi) is 4.68. The second-order valence-electron chi connectivity index (χ2n) is 3.35. The topological polar surface area (TPSA) is 37.8 Å².